The molecule has 0 saturated carbocycles. The van der Waals surface area contributed by atoms with Crippen LogP contribution < -0.4 is 16.4 Å². The first kappa shape index (κ1) is 16.0. The molecule has 122 valence electrons. The average Bonchev–Trinajstić information content (AvgIpc) is 2.82. The van der Waals surface area contributed by atoms with Crippen LogP contribution in [0.15, 0.2) is 42.5 Å². The van der Waals surface area contributed by atoms with Crippen LogP contribution in [0.5, 0.6) is 0 Å². The lowest BCUT2D eigenvalue weighted by Gasteiger charge is -2.10. The maximum Gasteiger partial charge on any atom is 0.324 e. The molecule has 0 atom stereocenters. The lowest BCUT2D eigenvalue weighted by molar-refractivity contribution is 0.100. The molecule has 0 aliphatic rings. The minimum atomic E-state index is -0.544. The maximum atomic E-state index is 12.4. The number of carbonyl (C=O) groups is 2. The van der Waals surface area contributed by atoms with Gasteiger partial charge in [0.15, 0.2) is 0 Å². The minimum Gasteiger partial charge on any atom is -0.365 e. The normalized spacial score (nSPS) is 10.6. The smallest absolute Gasteiger partial charge is 0.324 e. The highest BCUT2D eigenvalue weighted by molar-refractivity contribution is 7.16. The van der Waals surface area contributed by atoms with Gasteiger partial charge in [-0.3, -0.25) is 10.1 Å². The van der Waals surface area contributed by atoms with E-state index in [4.69, 9.17) is 5.73 Å². The summed E-state index contributed by atoms with van der Waals surface area (Å²) in [5.41, 5.74) is 7.30. The molecule has 6 heteroatoms. The van der Waals surface area contributed by atoms with Gasteiger partial charge in [0.25, 0.3) is 5.91 Å². The molecular weight excluding hydrogens is 322 g/mol. The second-order valence-corrected chi connectivity index (χ2v) is 6.68. The monoisotopic (exact) mass is 339 g/mol. The molecule has 4 N–H and O–H groups in total. The summed E-state index contributed by atoms with van der Waals surface area (Å²) in [6.07, 6.45) is 0. The van der Waals surface area contributed by atoms with Crippen molar-refractivity contribution in [2.24, 2.45) is 5.73 Å². The number of anilines is 2. The van der Waals surface area contributed by atoms with Crippen LogP contribution in [0.25, 0.3) is 10.8 Å². The largest absolute Gasteiger partial charge is 0.365 e. The topological polar surface area (TPSA) is 84.2 Å². The van der Waals surface area contributed by atoms with E-state index in [-0.39, 0.29) is 0 Å². The van der Waals surface area contributed by atoms with Crippen molar-refractivity contribution < 1.29 is 9.59 Å². The molecule has 0 unspecified atom stereocenters. The second-order valence-electron chi connectivity index (χ2n) is 5.46. The van der Waals surface area contributed by atoms with Crippen LogP contribution in [0.2, 0.25) is 0 Å². The van der Waals surface area contributed by atoms with Gasteiger partial charge in [0.1, 0.15) is 5.00 Å². The number of nitrogens with two attached hydrogens (primary N) is 1. The molecular formula is C18H17N3O2S. The summed E-state index contributed by atoms with van der Waals surface area (Å²) >= 11 is 1.34. The second kappa shape index (κ2) is 6.33. The Morgan fingerprint density at radius 3 is 2.46 bits per heavy atom. The third-order valence-corrected chi connectivity index (χ3v) is 5.02. The Labute approximate surface area is 143 Å². The lowest BCUT2D eigenvalue weighted by Crippen LogP contribution is -2.21. The molecule has 1 aromatic heterocycles. The van der Waals surface area contributed by atoms with E-state index in [1.807, 2.05) is 56.3 Å². The molecule has 3 rings (SSSR count). The van der Waals surface area contributed by atoms with E-state index in [0.717, 1.165) is 21.2 Å². The van der Waals surface area contributed by atoms with Crippen molar-refractivity contribution in [3.8, 4) is 0 Å². The van der Waals surface area contributed by atoms with E-state index >= 15 is 0 Å². The first-order valence-electron chi connectivity index (χ1n) is 7.43. The number of amides is 3. The highest BCUT2D eigenvalue weighted by atomic mass is 32.1. The first-order valence-corrected chi connectivity index (χ1v) is 8.24. The molecule has 0 bridgehead atoms. The van der Waals surface area contributed by atoms with E-state index in [9.17, 15) is 9.59 Å². The zero-order chi connectivity index (χ0) is 17.3. The van der Waals surface area contributed by atoms with Crippen LogP contribution in [0, 0.1) is 13.8 Å². The summed E-state index contributed by atoms with van der Waals surface area (Å²) in [4.78, 5) is 24.9. The summed E-state index contributed by atoms with van der Waals surface area (Å²) in [6.45, 7) is 3.71. The van der Waals surface area contributed by atoms with E-state index in [0.29, 0.717) is 16.3 Å². The maximum absolute atomic E-state index is 12.4. The number of fused-ring (bicyclic) bond motifs is 1. The molecule has 0 aliphatic carbocycles. The fourth-order valence-electron chi connectivity index (χ4n) is 2.60. The van der Waals surface area contributed by atoms with Crippen LogP contribution in [0.4, 0.5) is 15.5 Å². The summed E-state index contributed by atoms with van der Waals surface area (Å²) in [5, 5.41) is 8.02. The number of benzene rings is 2. The molecule has 0 saturated heterocycles. The van der Waals surface area contributed by atoms with E-state index < -0.39 is 11.9 Å². The van der Waals surface area contributed by atoms with Crippen LogP contribution in [-0.4, -0.2) is 11.9 Å². The number of urea groups is 1. The third kappa shape index (κ3) is 2.96. The molecule has 24 heavy (non-hydrogen) atoms. The van der Waals surface area contributed by atoms with Crippen LogP contribution in [0.3, 0.4) is 0 Å². The number of primary amides is 1. The highest BCUT2D eigenvalue weighted by Gasteiger charge is 2.19. The Kier molecular flexibility index (Phi) is 4.22. The Morgan fingerprint density at radius 2 is 1.71 bits per heavy atom. The fourth-order valence-corrected chi connectivity index (χ4v) is 3.66. The Bertz CT molecular complexity index is 941. The number of carbonyl (C=O) groups excluding carboxylic acids is 2. The molecule has 0 aliphatic heterocycles. The number of aryl methyl sites for hydroxylation is 1. The van der Waals surface area contributed by atoms with Crippen molar-refractivity contribution in [3.05, 3.63) is 58.5 Å². The van der Waals surface area contributed by atoms with E-state index in [1.54, 1.807) is 0 Å². The van der Waals surface area contributed by atoms with Gasteiger partial charge in [-0.15, -0.1) is 11.3 Å². The quantitative estimate of drug-likeness (QED) is 0.666. The van der Waals surface area contributed by atoms with Crippen molar-refractivity contribution in [1.82, 2.24) is 0 Å². The average molecular weight is 339 g/mol. The Balaban J connectivity index is 1.86. The summed E-state index contributed by atoms with van der Waals surface area (Å²) in [7, 11) is 0. The zero-order valence-electron chi connectivity index (χ0n) is 13.3. The van der Waals surface area contributed by atoms with Gasteiger partial charge in [0, 0.05) is 10.3 Å². The molecule has 0 spiro atoms. The molecule has 2 aromatic carbocycles. The zero-order valence-corrected chi connectivity index (χ0v) is 14.2. The molecule has 5 nitrogen and oxygen atoms in total. The Morgan fingerprint density at radius 1 is 1.00 bits per heavy atom. The number of thiophene rings is 1. The molecule has 3 amide bonds. The van der Waals surface area contributed by atoms with Crippen molar-refractivity contribution in [2.45, 2.75) is 13.8 Å². The van der Waals surface area contributed by atoms with Gasteiger partial charge < -0.3 is 11.1 Å². The van der Waals surface area contributed by atoms with Crippen molar-refractivity contribution in [2.75, 3.05) is 10.6 Å². The first-order chi connectivity index (χ1) is 11.5. The van der Waals surface area contributed by atoms with Crippen molar-refractivity contribution >= 4 is 44.7 Å². The number of hydrogen-bond acceptors (Lipinski definition) is 3. The summed E-state index contributed by atoms with van der Waals surface area (Å²) in [6, 6.07) is 13.1. The van der Waals surface area contributed by atoms with Gasteiger partial charge in [-0.2, -0.15) is 0 Å². The van der Waals surface area contributed by atoms with Gasteiger partial charge in [-0.25, -0.2) is 4.79 Å². The highest BCUT2D eigenvalue weighted by Crippen LogP contribution is 2.32. The number of hydrogen-bond donors (Lipinski definition) is 3. The van der Waals surface area contributed by atoms with Crippen LogP contribution in [-0.2, 0) is 0 Å². The number of rotatable bonds is 3. The Hall–Kier alpha value is -2.86. The molecule has 0 fully saturated rings. The fraction of sp³-hybridized carbons (Fsp3) is 0.111. The van der Waals surface area contributed by atoms with Gasteiger partial charge in [-0.05, 0) is 30.9 Å². The van der Waals surface area contributed by atoms with Crippen molar-refractivity contribution in [3.63, 3.8) is 0 Å². The van der Waals surface area contributed by atoms with Crippen LogP contribution >= 0.6 is 11.3 Å². The minimum absolute atomic E-state index is 0.366. The molecule has 0 radical (unpaired) electrons. The predicted octanol–water partition coefficient (Wildman–Crippen LogP) is 4.26. The lowest BCUT2D eigenvalue weighted by atomic mass is 10.1. The van der Waals surface area contributed by atoms with Crippen molar-refractivity contribution in [1.29, 1.82) is 0 Å². The number of nitrogens with one attached hydrogen (secondary N) is 2. The standard InChI is InChI=1S/C18H17N3O2S/c1-10-11(2)24-17(15(10)16(19)22)21-18(23)20-14-9-5-7-12-6-3-4-8-13(12)14/h3-9H,1-2H3,(H2,19,22)(H2,20,21,23). The SMILES string of the molecule is Cc1sc(NC(=O)Nc2cccc3ccccc23)c(C(N)=O)c1C. The predicted molar refractivity (Wildman–Crippen MR) is 98.9 cm³/mol. The van der Waals surface area contributed by atoms with E-state index in [1.165, 1.54) is 11.3 Å². The third-order valence-electron chi connectivity index (χ3n) is 3.90. The molecule has 3 aromatic rings. The van der Waals surface area contributed by atoms with Gasteiger partial charge in [0.05, 0.1) is 11.3 Å². The van der Waals surface area contributed by atoms with Gasteiger partial charge in [0.2, 0.25) is 0 Å². The van der Waals surface area contributed by atoms with Gasteiger partial charge >= 0.3 is 6.03 Å². The summed E-state index contributed by atoms with van der Waals surface area (Å²) in [5.74, 6) is -0.544. The van der Waals surface area contributed by atoms with E-state index in [2.05, 4.69) is 10.6 Å². The van der Waals surface area contributed by atoms with Gasteiger partial charge in [-0.1, -0.05) is 36.4 Å². The van der Waals surface area contributed by atoms with Crippen LogP contribution in [0.1, 0.15) is 20.8 Å². The summed E-state index contributed by atoms with van der Waals surface area (Å²) < 4.78 is 0. The molecule has 1 heterocycles.